The quantitative estimate of drug-likeness (QED) is 0.243. The van der Waals surface area contributed by atoms with Crippen molar-refractivity contribution in [1.29, 1.82) is 0 Å². The number of alkyl halides is 6. The fraction of sp³-hybridized carbons (Fsp3) is 0.600. The number of hydrogen-bond acceptors (Lipinski definition) is 0. The van der Waals surface area contributed by atoms with Crippen LogP contribution in [0.1, 0.15) is 81.6 Å². The lowest BCUT2D eigenvalue weighted by Crippen LogP contribution is -2.04. The molecular weight excluding hydrogens is 660 g/mol. The van der Waals surface area contributed by atoms with E-state index < -0.39 is 0 Å². The third-order valence-corrected chi connectivity index (χ3v) is 9.85. The minimum Gasteiger partial charge on any atom is -0.0838 e. The van der Waals surface area contributed by atoms with E-state index in [1.807, 2.05) is 0 Å². The third kappa shape index (κ3) is 2.32. The molecule has 0 N–H and O–H groups in total. The van der Waals surface area contributed by atoms with E-state index in [4.69, 9.17) is 0 Å². The molecule has 0 fully saturated rings. The van der Waals surface area contributed by atoms with Crippen molar-refractivity contribution in [2.75, 3.05) is 0 Å². The lowest BCUT2D eigenvalue weighted by atomic mass is 9.90. The summed E-state index contributed by atoms with van der Waals surface area (Å²) in [5, 5.41) is 0. The second kappa shape index (κ2) is 5.82. The highest BCUT2D eigenvalue weighted by molar-refractivity contribution is 9.10. The number of benzene rings is 1. The molecule has 6 atom stereocenters. The van der Waals surface area contributed by atoms with Gasteiger partial charge < -0.3 is 0 Å². The molecule has 0 aromatic heterocycles. The maximum atomic E-state index is 3.93. The fourth-order valence-electron chi connectivity index (χ4n) is 4.15. The van der Waals surface area contributed by atoms with Crippen molar-refractivity contribution < 1.29 is 0 Å². The van der Waals surface area contributed by atoms with E-state index >= 15 is 0 Å². The molecule has 3 aliphatic carbocycles. The van der Waals surface area contributed by atoms with E-state index in [0.717, 1.165) is 19.3 Å². The van der Waals surface area contributed by atoms with Crippen LogP contribution in [0.4, 0.5) is 0 Å². The first-order chi connectivity index (χ1) is 9.91. The van der Waals surface area contributed by atoms with Gasteiger partial charge in [0, 0.05) is 29.0 Å². The maximum absolute atomic E-state index is 3.93. The highest BCUT2D eigenvalue weighted by atomic mass is 79.9. The van der Waals surface area contributed by atoms with Crippen LogP contribution >= 0.6 is 95.6 Å². The molecule has 0 spiro atoms. The smallest absolute Gasteiger partial charge is 0.0415 e. The standard InChI is InChI=1S/C15H12Br6/c16-4-1-5(17)11-10(4)12-6(18)2-8(20)14(12)15-9(21)3-7(19)13(11)15/h4-9H,1-3H2/t4-,5-,6-,7+,8+,9-/m0/s1. The second-order valence-electron chi connectivity index (χ2n) is 5.99. The normalized spacial score (nSPS) is 40.3. The largest absolute Gasteiger partial charge is 0.0838 e. The summed E-state index contributed by atoms with van der Waals surface area (Å²) in [6, 6.07) is 0. The maximum Gasteiger partial charge on any atom is 0.0415 e. The Kier molecular flexibility index (Phi) is 4.59. The summed E-state index contributed by atoms with van der Waals surface area (Å²) in [7, 11) is 0. The van der Waals surface area contributed by atoms with Crippen molar-refractivity contribution in [3.63, 3.8) is 0 Å². The Labute approximate surface area is 175 Å². The molecule has 1 aromatic carbocycles. The van der Waals surface area contributed by atoms with Crippen molar-refractivity contribution in [3.05, 3.63) is 33.4 Å². The van der Waals surface area contributed by atoms with E-state index in [9.17, 15) is 0 Å². The van der Waals surface area contributed by atoms with Gasteiger partial charge >= 0.3 is 0 Å². The summed E-state index contributed by atoms with van der Waals surface area (Å²) in [6.45, 7) is 0. The lowest BCUT2D eigenvalue weighted by molar-refractivity contribution is 0.870. The highest BCUT2D eigenvalue weighted by Crippen LogP contribution is 2.65. The number of halogens is 6. The van der Waals surface area contributed by atoms with Gasteiger partial charge in [-0.05, 0) is 52.6 Å². The Morgan fingerprint density at radius 3 is 0.667 bits per heavy atom. The van der Waals surface area contributed by atoms with Gasteiger partial charge in [0.05, 0.1) is 0 Å². The summed E-state index contributed by atoms with van der Waals surface area (Å²) < 4.78 is 0. The van der Waals surface area contributed by atoms with Crippen LogP contribution in [0.2, 0.25) is 0 Å². The minimum absolute atomic E-state index is 0.461. The van der Waals surface area contributed by atoms with Crippen LogP contribution in [0.5, 0.6) is 0 Å². The van der Waals surface area contributed by atoms with Gasteiger partial charge in [0.1, 0.15) is 0 Å². The monoisotopic (exact) mass is 666 g/mol. The van der Waals surface area contributed by atoms with Crippen molar-refractivity contribution in [3.8, 4) is 0 Å². The minimum atomic E-state index is 0.461. The zero-order valence-electron chi connectivity index (χ0n) is 10.9. The fourth-order valence-corrected chi connectivity index (χ4v) is 10.9. The molecular formula is C15H12Br6. The first-order valence-electron chi connectivity index (χ1n) is 6.99. The number of hydrogen-bond donors (Lipinski definition) is 0. The average Bonchev–Trinajstić information content (AvgIpc) is 2.96. The Bertz CT molecular complexity index is 471. The lowest BCUT2D eigenvalue weighted by Gasteiger charge is -2.22. The van der Waals surface area contributed by atoms with E-state index in [1.165, 1.54) is 0 Å². The number of fused-ring (bicyclic) bond motifs is 6. The molecule has 0 amide bonds. The Hall–Kier alpha value is 2.10. The SMILES string of the molecule is Br[C@@H]1C[C@H](Br)c2c1c1c(c3c2[C@@H](Br)C[C@@H]3Br)[C@H](Br)C[C@@H]1Br. The molecule has 0 unspecified atom stereocenters. The van der Waals surface area contributed by atoms with Crippen molar-refractivity contribution in [1.82, 2.24) is 0 Å². The van der Waals surface area contributed by atoms with Crippen LogP contribution in [-0.4, -0.2) is 0 Å². The number of rotatable bonds is 0. The Morgan fingerprint density at radius 1 is 0.381 bits per heavy atom. The molecule has 0 nitrogen and oxygen atoms in total. The molecule has 21 heavy (non-hydrogen) atoms. The van der Waals surface area contributed by atoms with E-state index in [0.29, 0.717) is 29.0 Å². The molecule has 6 heteroatoms. The zero-order chi connectivity index (χ0) is 15.0. The van der Waals surface area contributed by atoms with Crippen molar-refractivity contribution >= 4 is 95.6 Å². The molecule has 1 aromatic rings. The van der Waals surface area contributed by atoms with E-state index in [2.05, 4.69) is 95.6 Å². The summed E-state index contributed by atoms with van der Waals surface area (Å²) in [4.78, 5) is 2.77. The summed E-state index contributed by atoms with van der Waals surface area (Å²) >= 11 is 23.6. The predicted octanol–water partition coefficient (Wildman–Crippen LogP) is 8.51. The van der Waals surface area contributed by atoms with Crippen LogP contribution in [0.3, 0.4) is 0 Å². The molecule has 0 heterocycles. The van der Waals surface area contributed by atoms with Crippen LogP contribution in [-0.2, 0) is 0 Å². The Balaban J connectivity index is 2.12. The van der Waals surface area contributed by atoms with Gasteiger partial charge in [0.25, 0.3) is 0 Å². The van der Waals surface area contributed by atoms with Crippen LogP contribution < -0.4 is 0 Å². The molecule has 0 saturated heterocycles. The summed E-state index contributed by atoms with van der Waals surface area (Å²) in [5.41, 5.74) is 9.25. The van der Waals surface area contributed by atoms with E-state index in [-0.39, 0.29) is 0 Å². The van der Waals surface area contributed by atoms with Gasteiger partial charge in [0.15, 0.2) is 0 Å². The van der Waals surface area contributed by atoms with Gasteiger partial charge in [-0.3, -0.25) is 0 Å². The van der Waals surface area contributed by atoms with Crippen LogP contribution in [0, 0.1) is 0 Å². The van der Waals surface area contributed by atoms with Gasteiger partial charge in [-0.25, -0.2) is 0 Å². The van der Waals surface area contributed by atoms with Crippen molar-refractivity contribution in [2.24, 2.45) is 0 Å². The van der Waals surface area contributed by atoms with Gasteiger partial charge in [-0.15, -0.1) is 0 Å². The average molecular weight is 672 g/mol. The summed E-state index contributed by atoms with van der Waals surface area (Å²) in [6.07, 6.45) is 3.41. The van der Waals surface area contributed by atoms with Gasteiger partial charge in [-0.2, -0.15) is 0 Å². The molecule has 0 bridgehead atoms. The molecule has 0 saturated carbocycles. The zero-order valence-corrected chi connectivity index (χ0v) is 20.4. The van der Waals surface area contributed by atoms with Crippen LogP contribution in [0.25, 0.3) is 0 Å². The van der Waals surface area contributed by atoms with Crippen molar-refractivity contribution in [2.45, 2.75) is 48.2 Å². The molecule has 0 aliphatic heterocycles. The Morgan fingerprint density at radius 2 is 0.524 bits per heavy atom. The van der Waals surface area contributed by atoms with E-state index in [1.54, 1.807) is 33.4 Å². The van der Waals surface area contributed by atoms with Crippen LogP contribution in [0.15, 0.2) is 0 Å². The second-order valence-corrected chi connectivity index (χ2v) is 12.6. The molecule has 0 radical (unpaired) electrons. The topological polar surface area (TPSA) is 0 Å². The first kappa shape index (κ1) is 16.6. The first-order valence-corrected chi connectivity index (χ1v) is 12.5. The van der Waals surface area contributed by atoms with Gasteiger partial charge in [0.2, 0.25) is 0 Å². The highest BCUT2D eigenvalue weighted by Gasteiger charge is 2.46. The predicted molar refractivity (Wildman–Crippen MR) is 110 cm³/mol. The molecule has 4 rings (SSSR count). The van der Waals surface area contributed by atoms with Gasteiger partial charge in [-0.1, -0.05) is 95.6 Å². The molecule has 3 aliphatic rings. The summed E-state index contributed by atoms with van der Waals surface area (Å²) in [5.74, 6) is 0. The third-order valence-electron chi connectivity index (χ3n) is 4.86. The molecule has 114 valence electrons.